The minimum atomic E-state index is -0.313. The van der Waals surface area contributed by atoms with Gasteiger partial charge in [0.05, 0.1) is 30.2 Å². The highest BCUT2D eigenvalue weighted by Crippen LogP contribution is 2.39. The number of nitrogens with zero attached hydrogens (tertiary/aromatic N) is 6. The Kier molecular flexibility index (Phi) is 8.31. The number of amides is 2. The van der Waals surface area contributed by atoms with Crippen LogP contribution in [0.2, 0.25) is 0 Å². The fraction of sp³-hybridized carbons (Fsp3) is 0.389. The van der Waals surface area contributed by atoms with Crippen LogP contribution in [-0.2, 0) is 12.0 Å². The molecule has 244 valence electrons. The number of pyridine rings is 1. The Morgan fingerprint density at radius 2 is 1.77 bits per heavy atom. The van der Waals surface area contributed by atoms with Crippen LogP contribution in [0.1, 0.15) is 87.4 Å². The Labute approximate surface area is 274 Å². The molecule has 0 saturated carbocycles. The fourth-order valence-electron chi connectivity index (χ4n) is 6.56. The molecule has 11 nitrogen and oxygen atoms in total. The largest absolute Gasteiger partial charge is 0.484 e. The molecule has 7 rings (SSSR count). The van der Waals surface area contributed by atoms with Gasteiger partial charge in [-0.05, 0) is 73.1 Å². The molecule has 47 heavy (non-hydrogen) atoms. The van der Waals surface area contributed by atoms with Gasteiger partial charge in [-0.25, -0.2) is 9.48 Å². The average molecular weight is 635 g/mol. The number of hydrogen-bond acceptors (Lipinski definition) is 7. The second-order valence-corrected chi connectivity index (χ2v) is 13.5. The van der Waals surface area contributed by atoms with Crippen molar-refractivity contribution in [3.63, 3.8) is 0 Å². The lowest BCUT2D eigenvalue weighted by Gasteiger charge is -2.32. The van der Waals surface area contributed by atoms with E-state index in [0.717, 1.165) is 77.8 Å². The zero-order valence-electron chi connectivity index (χ0n) is 27.2. The van der Waals surface area contributed by atoms with Crippen molar-refractivity contribution in [1.82, 2.24) is 29.7 Å². The highest BCUT2D eigenvalue weighted by molar-refractivity contribution is 5.89. The van der Waals surface area contributed by atoms with E-state index in [1.165, 1.54) is 6.42 Å². The minimum absolute atomic E-state index is 0.0781. The summed E-state index contributed by atoms with van der Waals surface area (Å²) in [5.41, 5.74) is 5.05. The summed E-state index contributed by atoms with van der Waals surface area (Å²) in [6.07, 6.45) is 6.87. The Morgan fingerprint density at radius 3 is 2.55 bits per heavy atom. The van der Waals surface area contributed by atoms with Crippen molar-refractivity contribution in [3.05, 3.63) is 95.3 Å². The van der Waals surface area contributed by atoms with Gasteiger partial charge in [0.25, 0.3) is 0 Å². The van der Waals surface area contributed by atoms with E-state index < -0.39 is 0 Å². The molecule has 0 spiro atoms. The molecule has 0 bridgehead atoms. The molecule has 1 aliphatic heterocycles. The summed E-state index contributed by atoms with van der Waals surface area (Å²) in [4.78, 5) is 15.8. The van der Waals surface area contributed by atoms with E-state index in [0.29, 0.717) is 12.2 Å². The summed E-state index contributed by atoms with van der Waals surface area (Å²) in [6, 6.07) is 21.0. The molecule has 3 N–H and O–H groups in total. The highest BCUT2D eigenvalue weighted by atomic mass is 16.5. The quantitative estimate of drug-likeness (QED) is 0.188. The lowest BCUT2D eigenvalue weighted by atomic mass is 9.85. The summed E-state index contributed by atoms with van der Waals surface area (Å²) in [7, 11) is 0. The molecular formula is C36H42N8O3. The van der Waals surface area contributed by atoms with Crippen LogP contribution in [0.3, 0.4) is 0 Å². The number of carbonyl (C=O) groups excluding carboxylic acids is 1. The van der Waals surface area contributed by atoms with E-state index in [-0.39, 0.29) is 30.2 Å². The van der Waals surface area contributed by atoms with Crippen LogP contribution in [0, 0.1) is 0 Å². The average Bonchev–Trinajstić information content (AvgIpc) is 3.71. The Bertz CT molecular complexity index is 1880. The first-order chi connectivity index (χ1) is 22.8. The van der Waals surface area contributed by atoms with Crippen molar-refractivity contribution in [2.75, 3.05) is 23.3 Å². The SMILES string of the molecule is CC(C)(C)c1cc(NC(=O)N[C@H]2CC[C@@H](Oc3ccc4nnc(N5CCCCC5)n4c3)c3ccccc32)n(-c2cccc(CO)c2)n1. The third-order valence-electron chi connectivity index (χ3n) is 9.07. The van der Waals surface area contributed by atoms with E-state index in [2.05, 4.69) is 58.6 Å². The van der Waals surface area contributed by atoms with Crippen LogP contribution in [0.4, 0.5) is 16.6 Å². The van der Waals surface area contributed by atoms with Crippen molar-refractivity contribution >= 4 is 23.4 Å². The molecule has 2 atom stereocenters. The maximum absolute atomic E-state index is 13.5. The molecule has 2 aliphatic rings. The maximum Gasteiger partial charge on any atom is 0.320 e. The normalized spacial score (nSPS) is 18.2. The molecule has 2 amide bonds. The van der Waals surface area contributed by atoms with Crippen LogP contribution >= 0.6 is 0 Å². The van der Waals surface area contributed by atoms with Gasteiger partial charge in [0.1, 0.15) is 17.7 Å². The van der Waals surface area contributed by atoms with E-state index in [9.17, 15) is 9.90 Å². The Balaban J connectivity index is 1.09. The molecule has 0 radical (unpaired) electrons. The number of piperidine rings is 1. The molecule has 2 aromatic carbocycles. The molecule has 1 saturated heterocycles. The zero-order chi connectivity index (χ0) is 32.5. The standard InChI is InChI=1S/C36H42N8O3/c1-36(2,3)31-21-33(44(41-31)25-11-9-10-24(20-25)23-45)38-34(46)37-29-15-16-30(28-13-6-5-12-27(28)29)47-26-14-17-32-39-40-35(43(32)22-26)42-18-7-4-8-19-42/h5-6,9-14,17,20-22,29-30,45H,4,7-8,15-16,18-19,23H2,1-3H3,(H2,37,38,46)/t29-,30+/m0/s1. The third-order valence-corrected chi connectivity index (χ3v) is 9.07. The number of nitrogens with one attached hydrogen (secondary N) is 2. The number of benzene rings is 2. The van der Waals surface area contributed by atoms with Gasteiger partial charge in [0.15, 0.2) is 5.65 Å². The zero-order valence-corrected chi connectivity index (χ0v) is 27.2. The van der Waals surface area contributed by atoms with Gasteiger partial charge in [-0.15, -0.1) is 10.2 Å². The fourth-order valence-corrected chi connectivity index (χ4v) is 6.56. The summed E-state index contributed by atoms with van der Waals surface area (Å²) >= 11 is 0. The van der Waals surface area contributed by atoms with Gasteiger partial charge in [0, 0.05) is 24.6 Å². The van der Waals surface area contributed by atoms with Crippen LogP contribution in [-0.4, -0.2) is 48.6 Å². The number of fused-ring (bicyclic) bond motifs is 2. The number of rotatable bonds is 7. The van der Waals surface area contributed by atoms with Gasteiger partial charge in [-0.2, -0.15) is 5.10 Å². The number of hydrogen-bond donors (Lipinski definition) is 3. The van der Waals surface area contributed by atoms with Crippen molar-refractivity contribution in [3.8, 4) is 11.4 Å². The lowest BCUT2D eigenvalue weighted by molar-refractivity contribution is 0.171. The van der Waals surface area contributed by atoms with E-state index >= 15 is 0 Å². The van der Waals surface area contributed by atoms with E-state index in [4.69, 9.17) is 9.84 Å². The first-order valence-electron chi connectivity index (χ1n) is 16.5. The van der Waals surface area contributed by atoms with Crippen LogP contribution in [0.15, 0.2) is 72.9 Å². The summed E-state index contributed by atoms with van der Waals surface area (Å²) in [5.74, 6) is 2.18. The number of ether oxygens (including phenoxy) is 1. The molecule has 4 heterocycles. The number of anilines is 2. The minimum Gasteiger partial charge on any atom is -0.484 e. The van der Waals surface area contributed by atoms with Gasteiger partial charge >= 0.3 is 6.03 Å². The number of aromatic nitrogens is 5. The first-order valence-corrected chi connectivity index (χ1v) is 16.5. The molecule has 3 aromatic heterocycles. The van der Waals surface area contributed by atoms with Crippen molar-refractivity contribution in [2.45, 2.75) is 77.0 Å². The van der Waals surface area contributed by atoms with Gasteiger partial charge in [0.2, 0.25) is 5.95 Å². The van der Waals surface area contributed by atoms with Crippen molar-refractivity contribution < 1.29 is 14.6 Å². The third kappa shape index (κ3) is 6.40. The number of carbonyl (C=O) groups is 1. The topological polar surface area (TPSA) is 122 Å². The predicted molar refractivity (Wildman–Crippen MR) is 181 cm³/mol. The first kappa shape index (κ1) is 30.7. The van der Waals surface area contributed by atoms with Gasteiger partial charge in [-0.3, -0.25) is 9.72 Å². The predicted octanol–water partition coefficient (Wildman–Crippen LogP) is 6.47. The summed E-state index contributed by atoms with van der Waals surface area (Å²) in [5, 5.41) is 29.6. The molecule has 1 fully saturated rings. The number of aliphatic hydroxyl groups excluding tert-OH is 1. The van der Waals surface area contributed by atoms with Crippen molar-refractivity contribution in [1.29, 1.82) is 0 Å². The van der Waals surface area contributed by atoms with Crippen LogP contribution < -0.4 is 20.3 Å². The van der Waals surface area contributed by atoms with E-state index in [1.807, 2.05) is 65.2 Å². The maximum atomic E-state index is 13.5. The summed E-state index contributed by atoms with van der Waals surface area (Å²) < 4.78 is 10.4. The number of aliphatic hydroxyl groups is 1. The molecule has 5 aromatic rings. The highest BCUT2D eigenvalue weighted by Gasteiger charge is 2.30. The molecular weight excluding hydrogens is 592 g/mol. The smallest absolute Gasteiger partial charge is 0.320 e. The second kappa shape index (κ2) is 12.7. The second-order valence-electron chi connectivity index (χ2n) is 13.5. The molecule has 11 heteroatoms. The molecule has 1 aliphatic carbocycles. The molecule has 0 unspecified atom stereocenters. The van der Waals surface area contributed by atoms with Gasteiger partial charge < -0.3 is 20.1 Å². The van der Waals surface area contributed by atoms with Crippen LogP contribution in [0.5, 0.6) is 5.75 Å². The summed E-state index contributed by atoms with van der Waals surface area (Å²) in [6.45, 7) is 8.16. The van der Waals surface area contributed by atoms with Gasteiger partial charge in [-0.1, -0.05) is 57.2 Å². The van der Waals surface area contributed by atoms with E-state index in [1.54, 1.807) is 4.68 Å². The monoisotopic (exact) mass is 634 g/mol. The van der Waals surface area contributed by atoms with Crippen molar-refractivity contribution in [2.24, 2.45) is 0 Å². The van der Waals surface area contributed by atoms with Crippen LogP contribution in [0.25, 0.3) is 11.3 Å². The number of urea groups is 1. The Morgan fingerprint density at radius 1 is 0.957 bits per heavy atom. The Hall–Kier alpha value is -4.90. The lowest BCUT2D eigenvalue weighted by Crippen LogP contribution is -2.36.